The highest BCUT2D eigenvalue weighted by Crippen LogP contribution is 2.18. The number of hydrogen-bond acceptors (Lipinski definition) is 3. The summed E-state index contributed by atoms with van der Waals surface area (Å²) in [5.41, 5.74) is 1.60. The first-order chi connectivity index (χ1) is 10.1. The van der Waals surface area contributed by atoms with E-state index in [0.717, 1.165) is 0 Å². The molecular formula is C17H15FN2O. The van der Waals surface area contributed by atoms with E-state index in [-0.39, 0.29) is 24.6 Å². The van der Waals surface area contributed by atoms with Crippen molar-refractivity contribution in [2.45, 2.75) is 6.42 Å². The minimum Gasteiger partial charge on any atom is -0.366 e. The fraction of sp³-hybridized carbons (Fsp3) is 0.176. The topological polar surface area (TPSA) is 44.1 Å². The van der Waals surface area contributed by atoms with Crippen LogP contribution in [0.4, 0.5) is 10.1 Å². The van der Waals surface area contributed by atoms with E-state index in [4.69, 9.17) is 5.26 Å². The van der Waals surface area contributed by atoms with Crippen molar-refractivity contribution >= 4 is 11.5 Å². The molecule has 0 aliphatic rings. The molecule has 0 saturated heterocycles. The van der Waals surface area contributed by atoms with E-state index in [1.807, 2.05) is 6.07 Å². The van der Waals surface area contributed by atoms with Gasteiger partial charge in [0.25, 0.3) is 0 Å². The molecular weight excluding hydrogens is 267 g/mol. The summed E-state index contributed by atoms with van der Waals surface area (Å²) in [4.78, 5) is 13.8. The highest BCUT2D eigenvalue weighted by molar-refractivity contribution is 5.85. The first-order valence-corrected chi connectivity index (χ1v) is 6.57. The molecule has 0 radical (unpaired) electrons. The third-order valence-electron chi connectivity index (χ3n) is 3.19. The van der Waals surface area contributed by atoms with E-state index in [0.29, 0.717) is 16.8 Å². The van der Waals surface area contributed by atoms with E-state index in [2.05, 4.69) is 6.07 Å². The molecule has 0 fully saturated rings. The number of rotatable bonds is 5. The Hall–Kier alpha value is -2.67. The van der Waals surface area contributed by atoms with Crippen LogP contribution in [0.5, 0.6) is 0 Å². The van der Waals surface area contributed by atoms with Crippen molar-refractivity contribution in [2.75, 3.05) is 18.5 Å². The predicted octanol–water partition coefficient (Wildman–Crippen LogP) is 2.95. The summed E-state index contributed by atoms with van der Waals surface area (Å²) < 4.78 is 13.5. The number of ketones is 1. The lowest BCUT2D eigenvalue weighted by Crippen LogP contribution is -2.27. The second kappa shape index (κ2) is 6.67. The average Bonchev–Trinajstić information content (AvgIpc) is 2.49. The molecule has 0 aromatic heterocycles. The Kier molecular flexibility index (Phi) is 4.68. The molecule has 0 spiro atoms. The van der Waals surface area contributed by atoms with Crippen molar-refractivity contribution in [2.24, 2.45) is 0 Å². The lowest BCUT2D eigenvalue weighted by atomic mass is 10.1. The van der Waals surface area contributed by atoms with Gasteiger partial charge < -0.3 is 4.90 Å². The second-order valence-electron chi connectivity index (χ2n) is 4.79. The summed E-state index contributed by atoms with van der Waals surface area (Å²) >= 11 is 0. The van der Waals surface area contributed by atoms with Crippen molar-refractivity contribution < 1.29 is 9.18 Å². The van der Waals surface area contributed by atoms with Crippen LogP contribution in [0.15, 0.2) is 48.5 Å². The van der Waals surface area contributed by atoms with Crippen LogP contribution >= 0.6 is 0 Å². The number of carbonyl (C=O) groups is 1. The standard InChI is InChI=1S/C17H15FN2O/c1-20(17-9-5-3-7-14(17)11-19)12-15(21)10-13-6-2-4-8-16(13)18/h2-9H,10,12H2,1H3. The minimum absolute atomic E-state index is 0.0474. The van der Waals surface area contributed by atoms with Gasteiger partial charge in [0.1, 0.15) is 11.9 Å². The maximum absolute atomic E-state index is 13.5. The fourth-order valence-electron chi connectivity index (χ4n) is 2.16. The molecule has 0 atom stereocenters. The number of carbonyl (C=O) groups excluding carboxylic acids is 1. The first-order valence-electron chi connectivity index (χ1n) is 6.57. The summed E-state index contributed by atoms with van der Waals surface area (Å²) in [7, 11) is 1.75. The van der Waals surface area contributed by atoms with E-state index in [1.54, 1.807) is 48.3 Å². The molecule has 0 amide bonds. The normalized spacial score (nSPS) is 9.95. The molecule has 2 aromatic carbocycles. The van der Waals surface area contributed by atoms with Gasteiger partial charge in [0.15, 0.2) is 5.78 Å². The summed E-state index contributed by atoms with van der Waals surface area (Å²) in [5, 5.41) is 9.06. The van der Waals surface area contributed by atoms with Gasteiger partial charge in [-0.1, -0.05) is 30.3 Å². The van der Waals surface area contributed by atoms with Crippen molar-refractivity contribution in [1.82, 2.24) is 0 Å². The third-order valence-corrected chi connectivity index (χ3v) is 3.19. The average molecular weight is 282 g/mol. The van der Waals surface area contributed by atoms with Crippen molar-refractivity contribution in [3.63, 3.8) is 0 Å². The summed E-state index contributed by atoms with van der Waals surface area (Å²) in [5.74, 6) is -0.471. The van der Waals surface area contributed by atoms with Gasteiger partial charge in [0.2, 0.25) is 0 Å². The molecule has 3 nitrogen and oxygen atoms in total. The molecule has 0 aliphatic carbocycles. The van der Waals surface area contributed by atoms with Crippen LogP contribution in [0.25, 0.3) is 0 Å². The maximum Gasteiger partial charge on any atom is 0.156 e. The quantitative estimate of drug-likeness (QED) is 0.847. The highest BCUT2D eigenvalue weighted by Gasteiger charge is 2.13. The molecule has 0 heterocycles. The summed E-state index contributed by atoms with van der Waals surface area (Å²) in [6.45, 7) is 0.132. The zero-order valence-corrected chi connectivity index (χ0v) is 11.7. The van der Waals surface area contributed by atoms with Crippen LogP contribution in [0.1, 0.15) is 11.1 Å². The molecule has 2 aromatic rings. The van der Waals surface area contributed by atoms with Crippen molar-refractivity contribution in [3.8, 4) is 6.07 Å². The Labute approximate surface area is 123 Å². The molecule has 0 N–H and O–H groups in total. The Balaban J connectivity index is 2.06. The van der Waals surface area contributed by atoms with Gasteiger partial charge in [-0.2, -0.15) is 5.26 Å². The number of likely N-dealkylation sites (N-methyl/N-ethyl adjacent to an activating group) is 1. The van der Waals surface area contributed by atoms with E-state index in [1.165, 1.54) is 6.07 Å². The summed E-state index contributed by atoms with van der Waals surface area (Å²) in [6.07, 6.45) is 0.0474. The van der Waals surface area contributed by atoms with Crippen LogP contribution < -0.4 is 4.90 Å². The lowest BCUT2D eigenvalue weighted by Gasteiger charge is -2.19. The third kappa shape index (κ3) is 3.67. The molecule has 0 bridgehead atoms. The van der Waals surface area contributed by atoms with Crippen LogP contribution in [0, 0.1) is 17.1 Å². The molecule has 2 rings (SSSR count). The first kappa shape index (κ1) is 14.7. The van der Waals surface area contributed by atoms with Gasteiger partial charge in [-0.3, -0.25) is 4.79 Å². The number of benzene rings is 2. The van der Waals surface area contributed by atoms with E-state index < -0.39 is 0 Å². The Morgan fingerprint density at radius 3 is 2.57 bits per heavy atom. The smallest absolute Gasteiger partial charge is 0.156 e. The van der Waals surface area contributed by atoms with Gasteiger partial charge >= 0.3 is 0 Å². The van der Waals surface area contributed by atoms with Crippen LogP contribution in [0.2, 0.25) is 0 Å². The number of nitrogens with zero attached hydrogens (tertiary/aromatic N) is 2. The number of nitriles is 1. The van der Waals surface area contributed by atoms with Crippen LogP contribution in [0.3, 0.4) is 0 Å². The zero-order chi connectivity index (χ0) is 15.2. The summed E-state index contributed by atoms with van der Waals surface area (Å²) in [6, 6.07) is 15.4. The molecule has 4 heteroatoms. The second-order valence-corrected chi connectivity index (χ2v) is 4.79. The Morgan fingerprint density at radius 1 is 1.19 bits per heavy atom. The van der Waals surface area contributed by atoms with Crippen LogP contribution in [-0.2, 0) is 11.2 Å². The predicted molar refractivity (Wildman–Crippen MR) is 79.5 cm³/mol. The monoisotopic (exact) mass is 282 g/mol. The Morgan fingerprint density at radius 2 is 1.86 bits per heavy atom. The van der Waals surface area contributed by atoms with E-state index >= 15 is 0 Å². The van der Waals surface area contributed by atoms with Gasteiger partial charge in [-0.05, 0) is 23.8 Å². The fourth-order valence-corrected chi connectivity index (χ4v) is 2.16. The van der Waals surface area contributed by atoms with Gasteiger partial charge in [0.05, 0.1) is 17.8 Å². The minimum atomic E-state index is -0.370. The molecule has 106 valence electrons. The molecule has 0 aliphatic heterocycles. The highest BCUT2D eigenvalue weighted by atomic mass is 19.1. The largest absolute Gasteiger partial charge is 0.366 e. The number of para-hydroxylation sites is 1. The van der Waals surface area contributed by atoms with Gasteiger partial charge in [-0.25, -0.2) is 4.39 Å². The number of anilines is 1. The Bertz CT molecular complexity index is 691. The van der Waals surface area contributed by atoms with Gasteiger partial charge in [0, 0.05) is 13.5 Å². The number of halogens is 1. The SMILES string of the molecule is CN(CC(=O)Cc1ccccc1F)c1ccccc1C#N. The molecule has 0 unspecified atom stereocenters. The number of Topliss-reactive ketones (excluding diaryl/α,β-unsaturated/α-hetero) is 1. The maximum atomic E-state index is 13.5. The molecule has 21 heavy (non-hydrogen) atoms. The lowest BCUT2D eigenvalue weighted by molar-refractivity contribution is -0.117. The van der Waals surface area contributed by atoms with E-state index in [9.17, 15) is 9.18 Å². The zero-order valence-electron chi connectivity index (χ0n) is 11.7. The van der Waals surface area contributed by atoms with Crippen molar-refractivity contribution in [3.05, 3.63) is 65.5 Å². The molecule has 0 saturated carbocycles. The van der Waals surface area contributed by atoms with Gasteiger partial charge in [-0.15, -0.1) is 0 Å². The number of hydrogen-bond donors (Lipinski definition) is 0. The van der Waals surface area contributed by atoms with Crippen LogP contribution in [-0.4, -0.2) is 19.4 Å². The van der Waals surface area contributed by atoms with Crippen molar-refractivity contribution in [1.29, 1.82) is 5.26 Å².